The van der Waals surface area contributed by atoms with Crippen LogP contribution < -0.4 is 5.73 Å². The molecule has 0 radical (unpaired) electrons. The smallest absolute Gasteiger partial charge is 0.191 e. The van der Waals surface area contributed by atoms with Crippen LogP contribution in [0, 0.1) is 0 Å². The third kappa shape index (κ3) is 4.09. The Balaban J connectivity index is 0.00000144. The summed E-state index contributed by atoms with van der Waals surface area (Å²) < 4.78 is 0.412. The zero-order valence-corrected chi connectivity index (χ0v) is 14.3. The molecule has 2 aliphatic rings. The van der Waals surface area contributed by atoms with Gasteiger partial charge in [-0.25, -0.2) is 0 Å². The monoisotopic (exact) mass is 387 g/mol. The lowest BCUT2D eigenvalue weighted by atomic mass is 9.84. The summed E-state index contributed by atoms with van der Waals surface area (Å²) in [5.41, 5.74) is 6.05. The van der Waals surface area contributed by atoms with Crippen molar-refractivity contribution in [1.29, 1.82) is 0 Å². The maximum atomic E-state index is 6.05. The minimum absolute atomic E-state index is 0. The first-order valence-corrected chi connectivity index (χ1v) is 8.31. The maximum Gasteiger partial charge on any atom is 0.191 e. The lowest BCUT2D eigenvalue weighted by Crippen LogP contribution is -2.44. The highest BCUT2D eigenvalue weighted by molar-refractivity contribution is 14.0. The summed E-state index contributed by atoms with van der Waals surface area (Å²) in [5.74, 6) is 3.13. The maximum absolute atomic E-state index is 6.05. The largest absolute Gasteiger partial charge is 0.370 e. The predicted octanol–water partition coefficient (Wildman–Crippen LogP) is 2.25. The van der Waals surface area contributed by atoms with Crippen LogP contribution >= 0.6 is 47.5 Å². The standard InChI is InChI=1S/C11H21N3S2.HI/c1-15-11(3-2-4-11)9-13-10(12)14-5-7-16-8-6-14;/h2-9H2,1H3,(H2,12,13);1H. The zero-order chi connectivity index (χ0) is 11.4. The summed E-state index contributed by atoms with van der Waals surface area (Å²) in [7, 11) is 0. The molecule has 2 fully saturated rings. The second-order valence-electron chi connectivity index (χ2n) is 4.51. The van der Waals surface area contributed by atoms with Crippen LogP contribution in [0.3, 0.4) is 0 Å². The number of hydrogen-bond donors (Lipinski definition) is 1. The molecule has 0 aromatic rings. The van der Waals surface area contributed by atoms with E-state index in [0.717, 1.165) is 25.6 Å². The molecule has 1 saturated heterocycles. The molecule has 1 heterocycles. The van der Waals surface area contributed by atoms with E-state index in [4.69, 9.17) is 5.73 Å². The van der Waals surface area contributed by atoms with E-state index in [-0.39, 0.29) is 24.0 Å². The predicted molar refractivity (Wildman–Crippen MR) is 90.9 cm³/mol. The van der Waals surface area contributed by atoms with E-state index in [9.17, 15) is 0 Å². The van der Waals surface area contributed by atoms with Gasteiger partial charge in [0.15, 0.2) is 5.96 Å². The molecule has 0 amide bonds. The van der Waals surface area contributed by atoms with Crippen molar-refractivity contribution >= 4 is 53.5 Å². The van der Waals surface area contributed by atoms with Gasteiger partial charge in [-0.3, -0.25) is 4.99 Å². The van der Waals surface area contributed by atoms with Crippen molar-refractivity contribution < 1.29 is 0 Å². The van der Waals surface area contributed by atoms with Crippen molar-refractivity contribution in [3.8, 4) is 0 Å². The Morgan fingerprint density at radius 3 is 2.53 bits per heavy atom. The summed E-state index contributed by atoms with van der Waals surface area (Å²) in [6.45, 7) is 3.03. The average molecular weight is 387 g/mol. The van der Waals surface area contributed by atoms with Crippen molar-refractivity contribution in [2.75, 3.05) is 37.4 Å². The second-order valence-corrected chi connectivity index (χ2v) is 7.01. The summed E-state index contributed by atoms with van der Waals surface area (Å²) in [6, 6.07) is 0. The number of nitrogens with zero attached hydrogens (tertiary/aromatic N) is 2. The molecule has 0 aromatic carbocycles. The second kappa shape index (κ2) is 7.33. The molecule has 2 N–H and O–H groups in total. The Bertz CT molecular complexity index is 258. The zero-order valence-electron chi connectivity index (χ0n) is 10.4. The minimum atomic E-state index is 0. The molecule has 1 aliphatic heterocycles. The van der Waals surface area contributed by atoms with Gasteiger partial charge in [0.05, 0.1) is 6.54 Å². The van der Waals surface area contributed by atoms with E-state index in [1.54, 1.807) is 0 Å². The van der Waals surface area contributed by atoms with Crippen LogP contribution in [-0.2, 0) is 0 Å². The van der Waals surface area contributed by atoms with Crippen molar-refractivity contribution in [2.45, 2.75) is 24.0 Å². The molecule has 0 spiro atoms. The lowest BCUT2D eigenvalue weighted by molar-refractivity contribution is 0.369. The van der Waals surface area contributed by atoms with Gasteiger partial charge in [-0.05, 0) is 19.1 Å². The number of hydrogen-bond acceptors (Lipinski definition) is 3. The summed E-state index contributed by atoms with van der Waals surface area (Å²) in [6.07, 6.45) is 6.17. The van der Waals surface area contributed by atoms with Gasteiger partial charge in [0, 0.05) is 29.3 Å². The highest BCUT2D eigenvalue weighted by atomic mass is 127. The molecule has 6 heteroatoms. The number of guanidine groups is 1. The Hall–Kier alpha value is 0.700. The quantitative estimate of drug-likeness (QED) is 0.458. The van der Waals surface area contributed by atoms with Crippen LogP contribution in [0.15, 0.2) is 4.99 Å². The fourth-order valence-electron chi connectivity index (χ4n) is 2.12. The Labute approximate surface area is 130 Å². The summed E-state index contributed by atoms with van der Waals surface area (Å²) in [5, 5.41) is 0. The SMILES string of the molecule is CSC1(CN=C(N)N2CCSCC2)CCC1.I. The van der Waals surface area contributed by atoms with E-state index < -0.39 is 0 Å². The van der Waals surface area contributed by atoms with Crippen LogP contribution in [0.5, 0.6) is 0 Å². The molecule has 1 saturated carbocycles. The van der Waals surface area contributed by atoms with E-state index >= 15 is 0 Å². The normalized spacial score (nSPS) is 23.8. The average Bonchev–Trinajstić information content (AvgIpc) is 2.29. The van der Waals surface area contributed by atoms with Gasteiger partial charge >= 0.3 is 0 Å². The highest BCUT2D eigenvalue weighted by Gasteiger charge is 2.36. The summed E-state index contributed by atoms with van der Waals surface area (Å²) in [4.78, 5) is 6.83. The van der Waals surface area contributed by atoms with Gasteiger partial charge in [0.1, 0.15) is 0 Å². The van der Waals surface area contributed by atoms with E-state index in [0.29, 0.717) is 4.75 Å². The molecule has 0 unspecified atom stereocenters. The number of halogens is 1. The van der Waals surface area contributed by atoms with Crippen LogP contribution in [-0.4, -0.2) is 53.0 Å². The minimum Gasteiger partial charge on any atom is -0.370 e. The van der Waals surface area contributed by atoms with Crippen LogP contribution in [0.1, 0.15) is 19.3 Å². The van der Waals surface area contributed by atoms with Crippen molar-refractivity contribution in [3.05, 3.63) is 0 Å². The van der Waals surface area contributed by atoms with Crippen molar-refractivity contribution in [2.24, 2.45) is 10.7 Å². The first kappa shape index (κ1) is 15.8. The third-order valence-electron chi connectivity index (χ3n) is 3.56. The highest BCUT2D eigenvalue weighted by Crippen LogP contribution is 2.42. The van der Waals surface area contributed by atoms with E-state index in [1.165, 1.54) is 30.8 Å². The molecule has 0 bridgehead atoms. The number of rotatable bonds is 3. The van der Waals surface area contributed by atoms with Gasteiger partial charge < -0.3 is 10.6 Å². The van der Waals surface area contributed by atoms with Gasteiger partial charge in [0.25, 0.3) is 0 Å². The van der Waals surface area contributed by atoms with Crippen LogP contribution in [0.2, 0.25) is 0 Å². The lowest BCUT2D eigenvalue weighted by Gasteiger charge is -2.39. The fourth-order valence-corrected chi connectivity index (χ4v) is 3.91. The number of nitrogens with two attached hydrogens (primary N) is 1. The van der Waals surface area contributed by atoms with Crippen molar-refractivity contribution in [3.63, 3.8) is 0 Å². The van der Waals surface area contributed by atoms with Crippen LogP contribution in [0.4, 0.5) is 0 Å². The van der Waals surface area contributed by atoms with E-state index in [2.05, 4.69) is 16.1 Å². The molecule has 2 rings (SSSR count). The first-order valence-electron chi connectivity index (χ1n) is 5.93. The topological polar surface area (TPSA) is 41.6 Å². The Morgan fingerprint density at radius 1 is 1.41 bits per heavy atom. The molecular formula is C11H22IN3S2. The molecule has 100 valence electrons. The molecular weight excluding hydrogens is 365 g/mol. The first-order chi connectivity index (χ1) is 7.76. The Kier molecular flexibility index (Phi) is 6.79. The number of thioether (sulfide) groups is 2. The van der Waals surface area contributed by atoms with Crippen molar-refractivity contribution in [1.82, 2.24) is 4.90 Å². The molecule has 0 atom stereocenters. The molecule has 1 aliphatic carbocycles. The van der Waals surface area contributed by atoms with Gasteiger partial charge in [-0.2, -0.15) is 23.5 Å². The fraction of sp³-hybridized carbons (Fsp3) is 0.909. The number of aliphatic imine (C=N–C) groups is 1. The molecule has 3 nitrogen and oxygen atoms in total. The van der Waals surface area contributed by atoms with Gasteiger partial charge in [0.2, 0.25) is 0 Å². The van der Waals surface area contributed by atoms with Gasteiger partial charge in [-0.1, -0.05) is 6.42 Å². The molecule has 17 heavy (non-hydrogen) atoms. The Morgan fingerprint density at radius 2 is 2.06 bits per heavy atom. The third-order valence-corrected chi connectivity index (χ3v) is 5.91. The van der Waals surface area contributed by atoms with Crippen LogP contribution in [0.25, 0.3) is 0 Å². The van der Waals surface area contributed by atoms with E-state index in [1.807, 2.05) is 23.5 Å². The summed E-state index contributed by atoms with van der Waals surface area (Å²) >= 11 is 3.97. The molecule has 0 aromatic heterocycles. The van der Waals surface area contributed by atoms with Gasteiger partial charge in [-0.15, -0.1) is 24.0 Å².